The average Bonchev–Trinajstić information content (AvgIpc) is 3.26. The van der Waals surface area contributed by atoms with Crippen LogP contribution in [-0.2, 0) is 0 Å². The standard InChI is InChI=1S/C18H12ClN5O3S/c1-10-9-15(20-17(25)11-5-7-12(8-6-11)24(26)27)23(22-10)18-21-16-13(19)3-2-4-14(16)28-18/h2-9H,1H3,(H,20,25). The highest BCUT2D eigenvalue weighted by molar-refractivity contribution is 7.20. The Morgan fingerprint density at radius 1 is 1.25 bits per heavy atom. The van der Waals surface area contributed by atoms with Gasteiger partial charge in [-0.3, -0.25) is 14.9 Å². The van der Waals surface area contributed by atoms with E-state index in [1.165, 1.54) is 35.6 Å². The van der Waals surface area contributed by atoms with Crippen molar-refractivity contribution >= 4 is 50.6 Å². The van der Waals surface area contributed by atoms with Crippen LogP contribution in [0.15, 0.2) is 48.5 Å². The molecule has 4 rings (SSSR count). The molecule has 1 N–H and O–H groups in total. The predicted octanol–water partition coefficient (Wildman–Crippen LogP) is 4.60. The van der Waals surface area contributed by atoms with E-state index in [-0.39, 0.29) is 5.69 Å². The number of carbonyl (C=O) groups is 1. The number of anilines is 1. The Hall–Kier alpha value is -3.30. The molecule has 2 aromatic heterocycles. The minimum absolute atomic E-state index is 0.0798. The zero-order valence-corrected chi connectivity index (χ0v) is 16.0. The second-order valence-electron chi connectivity index (χ2n) is 5.92. The van der Waals surface area contributed by atoms with Gasteiger partial charge in [0.25, 0.3) is 11.6 Å². The number of benzene rings is 2. The smallest absolute Gasteiger partial charge is 0.269 e. The molecule has 0 aliphatic rings. The topological polar surface area (TPSA) is 103 Å². The van der Waals surface area contributed by atoms with Crippen LogP contribution in [0, 0.1) is 17.0 Å². The number of aryl methyl sites for hydroxylation is 1. The van der Waals surface area contributed by atoms with Gasteiger partial charge in [-0.1, -0.05) is 29.0 Å². The predicted molar refractivity (Wildman–Crippen MR) is 108 cm³/mol. The first kappa shape index (κ1) is 18.1. The second kappa shape index (κ2) is 7.02. The number of hydrogen-bond donors (Lipinski definition) is 1. The number of nitrogens with zero attached hydrogens (tertiary/aromatic N) is 4. The van der Waals surface area contributed by atoms with Crippen molar-refractivity contribution in [3.05, 3.63) is 74.9 Å². The van der Waals surface area contributed by atoms with Crippen molar-refractivity contribution in [3.8, 4) is 5.13 Å². The Labute approximate surface area is 167 Å². The number of non-ortho nitro benzene ring substituents is 1. The number of nitro benzene ring substituents is 1. The summed E-state index contributed by atoms with van der Waals surface area (Å²) in [6.45, 7) is 1.80. The average molecular weight is 414 g/mol. The maximum absolute atomic E-state index is 12.6. The molecule has 0 spiro atoms. The summed E-state index contributed by atoms with van der Waals surface area (Å²) in [6, 6.07) is 12.6. The highest BCUT2D eigenvalue weighted by Crippen LogP contribution is 2.31. The lowest BCUT2D eigenvalue weighted by molar-refractivity contribution is -0.384. The van der Waals surface area contributed by atoms with E-state index in [1.54, 1.807) is 23.7 Å². The molecule has 0 aliphatic carbocycles. The molecule has 2 heterocycles. The molecule has 0 bridgehead atoms. The van der Waals surface area contributed by atoms with Crippen LogP contribution < -0.4 is 5.32 Å². The summed E-state index contributed by atoms with van der Waals surface area (Å²) in [5.74, 6) is 0.0335. The van der Waals surface area contributed by atoms with E-state index >= 15 is 0 Å². The number of nitrogens with one attached hydrogen (secondary N) is 1. The van der Waals surface area contributed by atoms with E-state index in [4.69, 9.17) is 11.6 Å². The van der Waals surface area contributed by atoms with Gasteiger partial charge in [-0.2, -0.15) is 9.78 Å². The zero-order valence-electron chi connectivity index (χ0n) is 14.4. The number of rotatable bonds is 4. The van der Waals surface area contributed by atoms with Gasteiger partial charge >= 0.3 is 0 Å². The first-order chi connectivity index (χ1) is 13.4. The van der Waals surface area contributed by atoms with E-state index in [1.807, 2.05) is 12.1 Å². The van der Waals surface area contributed by atoms with E-state index in [9.17, 15) is 14.9 Å². The van der Waals surface area contributed by atoms with Crippen LogP contribution >= 0.6 is 22.9 Å². The third-order valence-corrected chi connectivity index (χ3v) is 5.25. The van der Waals surface area contributed by atoms with Crippen LogP contribution in [0.1, 0.15) is 16.1 Å². The Morgan fingerprint density at radius 3 is 2.68 bits per heavy atom. The van der Waals surface area contributed by atoms with Gasteiger partial charge in [0, 0.05) is 23.8 Å². The van der Waals surface area contributed by atoms with Crippen LogP contribution in [0.25, 0.3) is 15.3 Å². The number of para-hydroxylation sites is 1. The molecule has 1 amide bonds. The Kier molecular flexibility index (Phi) is 4.54. The van der Waals surface area contributed by atoms with Gasteiger partial charge in [-0.25, -0.2) is 4.98 Å². The van der Waals surface area contributed by atoms with E-state index in [2.05, 4.69) is 15.4 Å². The van der Waals surface area contributed by atoms with Crippen LogP contribution in [0.4, 0.5) is 11.5 Å². The fourth-order valence-corrected chi connectivity index (χ4v) is 3.88. The molecule has 10 heteroatoms. The van der Waals surface area contributed by atoms with Gasteiger partial charge in [-0.05, 0) is 31.2 Å². The van der Waals surface area contributed by atoms with Crippen molar-refractivity contribution in [2.45, 2.75) is 6.92 Å². The lowest BCUT2D eigenvalue weighted by atomic mass is 10.2. The van der Waals surface area contributed by atoms with Crippen LogP contribution in [0.5, 0.6) is 0 Å². The normalized spacial score (nSPS) is 10.9. The maximum atomic E-state index is 12.6. The first-order valence-corrected chi connectivity index (χ1v) is 9.30. The van der Waals surface area contributed by atoms with Gasteiger partial charge in [-0.15, -0.1) is 0 Å². The van der Waals surface area contributed by atoms with Crippen LogP contribution in [-0.4, -0.2) is 25.6 Å². The fraction of sp³-hybridized carbons (Fsp3) is 0.0556. The molecule has 28 heavy (non-hydrogen) atoms. The number of thiazole rings is 1. The molecule has 0 fully saturated rings. The van der Waals surface area contributed by atoms with E-state index in [0.717, 1.165) is 4.70 Å². The van der Waals surface area contributed by atoms with Crippen molar-refractivity contribution in [2.75, 3.05) is 5.32 Å². The molecule has 4 aromatic rings. The maximum Gasteiger partial charge on any atom is 0.269 e. The number of halogens is 1. The molecule has 140 valence electrons. The second-order valence-corrected chi connectivity index (χ2v) is 7.34. The molecule has 0 radical (unpaired) electrons. The van der Waals surface area contributed by atoms with Crippen molar-refractivity contribution in [1.82, 2.24) is 14.8 Å². The van der Waals surface area contributed by atoms with Gasteiger partial charge in [0.15, 0.2) is 0 Å². The first-order valence-electron chi connectivity index (χ1n) is 8.10. The van der Waals surface area contributed by atoms with Crippen molar-refractivity contribution in [1.29, 1.82) is 0 Å². The molecule has 0 atom stereocenters. The number of hydrogen-bond acceptors (Lipinski definition) is 6. The minimum Gasteiger partial charge on any atom is -0.306 e. The van der Waals surface area contributed by atoms with Gasteiger partial charge in [0.05, 0.1) is 20.3 Å². The molecule has 8 nitrogen and oxygen atoms in total. The van der Waals surface area contributed by atoms with Crippen molar-refractivity contribution in [2.24, 2.45) is 0 Å². The highest BCUT2D eigenvalue weighted by Gasteiger charge is 2.17. The molecule has 0 unspecified atom stereocenters. The summed E-state index contributed by atoms with van der Waals surface area (Å²) in [6.07, 6.45) is 0. The zero-order chi connectivity index (χ0) is 19.8. The van der Waals surface area contributed by atoms with E-state index < -0.39 is 10.8 Å². The third kappa shape index (κ3) is 3.32. The molecular formula is C18H12ClN5O3S. The summed E-state index contributed by atoms with van der Waals surface area (Å²) in [5.41, 5.74) is 1.58. The minimum atomic E-state index is -0.515. The number of carbonyl (C=O) groups excluding carboxylic acids is 1. The molecule has 0 saturated carbocycles. The highest BCUT2D eigenvalue weighted by atomic mass is 35.5. The number of nitro groups is 1. The van der Waals surface area contributed by atoms with Gasteiger partial charge in [0.2, 0.25) is 5.13 Å². The van der Waals surface area contributed by atoms with Crippen molar-refractivity contribution in [3.63, 3.8) is 0 Å². The fourth-order valence-electron chi connectivity index (χ4n) is 2.65. The molecule has 0 aliphatic heterocycles. The van der Waals surface area contributed by atoms with Gasteiger partial charge < -0.3 is 5.32 Å². The summed E-state index contributed by atoms with van der Waals surface area (Å²) in [5, 5.41) is 19.0. The van der Waals surface area contributed by atoms with Crippen LogP contribution in [0.2, 0.25) is 5.02 Å². The lowest BCUT2D eigenvalue weighted by Gasteiger charge is -2.06. The van der Waals surface area contributed by atoms with Crippen LogP contribution in [0.3, 0.4) is 0 Å². The molecular weight excluding hydrogens is 402 g/mol. The summed E-state index contributed by atoms with van der Waals surface area (Å²) in [4.78, 5) is 27.3. The van der Waals surface area contributed by atoms with Crippen molar-refractivity contribution < 1.29 is 9.72 Å². The number of aromatic nitrogens is 3. The lowest BCUT2D eigenvalue weighted by Crippen LogP contribution is -2.15. The number of fused-ring (bicyclic) bond motifs is 1. The Bertz CT molecular complexity index is 1220. The summed E-state index contributed by atoms with van der Waals surface area (Å²) >= 11 is 7.60. The molecule has 2 aromatic carbocycles. The summed E-state index contributed by atoms with van der Waals surface area (Å²) < 4.78 is 2.45. The third-order valence-electron chi connectivity index (χ3n) is 3.95. The Morgan fingerprint density at radius 2 is 2.00 bits per heavy atom. The molecule has 0 saturated heterocycles. The quantitative estimate of drug-likeness (QED) is 0.389. The SMILES string of the molecule is Cc1cc(NC(=O)c2ccc([N+](=O)[O-])cc2)n(-c2nc3c(Cl)cccc3s2)n1. The monoisotopic (exact) mass is 413 g/mol. The van der Waals surface area contributed by atoms with E-state index in [0.29, 0.717) is 32.7 Å². The summed E-state index contributed by atoms with van der Waals surface area (Å²) in [7, 11) is 0. The number of amides is 1. The Balaban J connectivity index is 1.66. The largest absolute Gasteiger partial charge is 0.306 e. The van der Waals surface area contributed by atoms with Gasteiger partial charge in [0.1, 0.15) is 11.3 Å².